The first-order chi connectivity index (χ1) is 9.11. The minimum atomic E-state index is 0.312. The molecule has 102 valence electrons. The molecule has 1 aliphatic carbocycles. The van der Waals surface area contributed by atoms with Crippen molar-refractivity contribution < 1.29 is 0 Å². The molecule has 0 spiro atoms. The van der Waals surface area contributed by atoms with Crippen LogP contribution in [0.5, 0.6) is 0 Å². The SMILES string of the molecule is CC(C)C(CN)c1nc2ccc(Cl)cc2n1C1CC1. The summed E-state index contributed by atoms with van der Waals surface area (Å²) in [6, 6.07) is 6.53. The molecule has 1 fully saturated rings. The Bertz CT molecular complexity index is 599. The Morgan fingerprint density at radius 3 is 2.74 bits per heavy atom. The van der Waals surface area contributed by atoms with Gasteiger partial charge in [0, 0.05) is 23.5 Å². The summed E-state index contributed by atoms with van der Waals surface area (Å²) in [7, 11) is 0. The van der Waals surface area contributed by atoms with Gasteiger partial charge in [0.25, 0.3) is 0 Å². The van der Waals surface area contributed by atoms with E-state index in [1.807, 2.05) is 18.2 Å². The van der Waals surface area contributed by atoms with Crippen LogP contribution in [-0.2, 0) is 0 Å². The van der Waals surface area contributed by atoms with Crippen LogP contribution in [0.15, 0.2) is 18.2 Å². The second-order valence-corrected chi connectivity index (χ2v) is 6.23. The summed E-state index contributed by atoms with van der Waals surface area (Å²) in [6.07, 6.45) is 2.47. The van der Waals surface area contributed by atoms with E-state index >= 15 is 0 Å². The number of nitrogens with two attached hydrogens (primary N) is 1. The Morgan fingerprint density at radius 1 is 1.42 bits per heavy atom. The van der Waals surface area contributed by atoms with Crippen LogP contribution in [-0.4, -0.2) is 16.1 Å². The minimum absolute atomic E-state index is 0.312. The molecule has 0 radical (unpaired) electrons. The molecule has 1 heterocycles. The van der Waals surface area contributed by atoms with Crippen molar-refractivity contribution >= 4 is 22.6 Å². The lowest BCUT2D eigenvalue weighted by atomic mass is 9.95. The number of imidazole rings is 1. The van der Waals surface area contributed by atoms with Gasteiger partial charge in [0.1, 0.15) is 5.82 Å². The van der Waals surface area contributed by atoms with Gasteiger partial charge in [-0.3, -0.25) is 0 Å². The highest BCUT2D eigenvalue weighted by atomic mass is 35.5. The van der Waals surface area contributed by atoms with Crippen LogP contribution in [0.2, 0.25) is 5.02 Å². The first-order valence-electron chi connectivity index (χ1n) is 6.99. The Morgan fingerprint density at radius 2 is 2.16 bits per heavy atom. The number of halogens is 1. The monoisotopic (exact) mass is 277 g/mol. The molecular weight excluding hydrogens is 258 g/mol. The minimum Gasteiger partial charge on any atom is -0.330 e. The molecule has 19 heavy (non-hydrogen) atoms. The zero-order chi connectivity index (χ0) is 13.6. The number of nitrogens with zero attached hydrogens (tertiary/aromatic N) is 2. The smallest absolute Gasteiger partial charge is 0.114 e. The highest BCUT2D eigenvalue weighted by molar-refractivity contribution is 6.31. The molecule has 1 aliphatic rings. The Kier molecular flexibility index (Phi) is 3.27. The van der Waals surface area contributed by atoms with Crippen LogP contribution in [0.3, 0.4) is 0 Å². The second kappa shape index (κ2) is 4.80. The van der Waals surface area contributed by atoms with Crippen molar-refractivity contribution in [2.24, 2.45) is 11.7 Å². The van der Waals surface area contributed by atoms with Gasteiger partial charge in [-0.05, 0) is 37.0 Å². The van der Waals surface area contributed by atoms with Gasteiger partial charge < -0.3 is 10.3 Å². The molecule has 1 unspecified atom stereocenters. The summed E-state index contributed by atoms with van der Waals surface area (Å²) in [5.41, 5.74) is 8.16. The van der Waals surface area contributed by atoms with E-state index in [0.29, 0.717) is 24.4 Å². The zero-order valence-corrected chi connectivity index (χ0v) is 12.2. The van der Waals surface area contributed by atoms with Gasteiger partial charge in [0.15, 0.2) is 0 Å². The first-order valence-corrected chi connectivity index (χ1v) is 7.37. The molecule has 0 aliphatic heterocycles. The fourth-order valence-corrected chi connectivity index (χ4v) is 2.90. The Hall–Kier alpha value is -1.06. The van der Waals surface area contributed by atoms with Gasteiger partial charge in [-0.1, -0.05) is 25.4 Å². The molecule has 2 N–H and O–H groups in total. The number of hydrogen-bond donors (Lipinski definition) is 1. The summed E-state index contributed by atoms with van der Waals surface area (Å²) in [6.45, 7) is 5.06. The highest BCUT2D eigenvalue weighted by Crippen LogP contribution is 2.41. The van der Waals surface area contributed by atoms with Gasteiger partial charge in [-0.2, -0.15) is 0 Å². The fraction of sp³-hybridized carbons (Fsp3) is 0.533. The Balaban J connectivity index is 2.20. The molecule has 0 amide bonds. The summed E-state index contributed by atoms with van der Waals surface area (Å²) in [5, 5.41) is 0.773. The molecule has 1 atom stereocenters. The van der Waals surface area contributed by atoms with Gasteiger partial charge in [-0.15, -0.1) is 0 Å². The molecule has 1 aromatic heterocycles. The van der Waals surface area contributed by atoms with E-state index in [0.717, 1.165) is 21.9 Å². The zero-order valence-electron chi connectivity index (χ0n) is 11.4. The molecular formula is C15H20ClN3. The highest BCUT2D eigenvalue weighted by Gasteiger charge is 2.31. The van der Waals surface area contributed by atoms with Crippen LogP contribution in [0.25, 0.3) is 11.0 Å². The summed E-state index contributed by atoms with van der Waals surface area (Å²) in [4.78, 5) is 4.83. The lowest BCUT2D eigenvalue weighted by Crippen LogP contribution is -2.21. The van der Waals surface area contributed by atoms with E-state index in [-0.39, 0.29) is 0 Å². The molecule has 0 bridgehead atoms. The van der Waals surface area contributed by atoms with Crippen LogP contribution < -0.4 is 5.73 Å². The van der Waals surface area contributed by atoms with Gasteiger partial charge >= 0.3 is 0 Å². The molecule has 1 aromatic carbocycles. The summed E-state index contributed by atoms with van der Waals surface area (Å²) < 4.78 is 2.37. The molecule has 3 nitrogen and oxygen atoms in total. The predicted octanol–water partition coefficient (Wildman–Crippen LogP) is 3.72. The quantitative estimate of drug-likeness (QED) is 0.925. The third-order valence-electron chi connectivity index (χ3n) is 3.98. The summed E-state index contributed by atoms with van der Waals surface area (Å²) in [5.74, 6) is 1.94. The predicted molar refractivity (Wildman–Crippen MR) is 79.6 cm³/mol. The van der Waals surface area contributed by atoms with E-state index in [2.05, 4.69) is 18.4 Å². The van der Waals surface area contributed by atoms with Gasteiger partial charge in [0.2, 0.25) is 0 Å². The van der Waals surface area contributed by atoms with Gasteiger partial charge in [-0.25, -0.2) is 4.98 Å². The lowest BCUT2D eigenvalue weighted by molar-refractivity contribution is 0.464. The maximum Gasteiger partial charge on any atom is 0.114 e. The van der Waals surface area contributed by atoms with Crippen molar-refractivity contribution in [3.05, 3.63) is 29.0 Å². The summed E-state index contributed by atoms with van der Waals surface area (Å²) >= 11 is 6.14. The van der Waals surface area contributed by atoms with E-state index in [1.54, 1.807) is 0 Å². The fourth-order valence-electron chi connectivity index (χ4n) is 2.74. The van der Waals surface area contributed by atoms with E-state index < -0.39 is 0 Å². The maximum absolute atomic E-state index is 6.14. The lowest BCUT2D eigenvalue weighted by Gasteiger charge is -2.20. The maximum atomic E-state index is 6.14. The molecule has 4 heteroatoms. The van der Waals surface area contributed by atoms with E-state index in [1.165, 1.54) is 12.8 Å². The van der Waals surface area contributed by atoms with E-state index in [4.69, 9.17) is 22.3 Å². The molecule has 2 aromatic rings. The van der Waals surface area contributed by atoms with Crippen LogP contribution >= 0.6 is 11.6 Å². The van der Waals surface area contributed by atoms with Crippen molar-refractivity contribution in [1.82, 2.24) is 9.55 Å². The van der Waals surface area contributed by atoms with Crippen molar-refractivity contribution in [2.75, 3.05) is 6.54 Å². The standard InChI is InChI=1S/C15H20ClN3/c1-9(2)12(8-17)15-18-13-6-3-10(16)7-14(13)19(15)11-4-5-11/h3,6-7,9,11-12H,4-5,8,17H2,1-2H3. The number of hydrogen-bond acceptors (Lipinski definition) is 2. The number of benzene rings is 1. The van der Waals surface area contributed by atoms with Crippen LogP contribution in [0.1, 0.15) is 44.5 Å². The normalized spacial score (nSPS) is 17.3. The van der Waals surface area contributed by atoms with Crippen LogP contribution in [0.4, 0.5) is 0 Å². The van der Waals surface area contributed by atoms with Crippen molar-refractivity contribution in [3.8, 4) is 0 Å². The molecule has 1 saturated carbocycles. The first kappa shape index (κ1) is 12.9. The third kappa shape index (κ3) is 2.26. The number of aromatic nitrogens is 2. The topological polar surface area (TPSA) is 43.8 Å². The van der Waals surface area contributed by atoms with Crippen molar-refractivity contribution in [1.29, 1.82) is 0 Å². The largest absolute Gasteiger partial charge is 0.330 e. The average Bonchev–Trinajstić information content (AvgIpc) is 3.12. The average molecular weight is 278 g/mol. The van der Waals surface area contributed by atoms with Crippen molar-refractivity contribution in [3.63, 3.8) is 0 Å². The number of rotatable bonds is 4. The second-order valence-electron chi connectivity index (χ2n) is 5.79. The Labute approximate surface area is 118 Å². The van der Waals surface area contributed by atoms with Gasteiger partial charge in [0.05, 0.1) is 11.0 Å². The van der Waals surface area contributed by atoms with E-state index in [9.17, 15) is 0 Å². The third-order valence-corrected chi connectivity index (χ3v) is 4.22. The number of fused-ring (bicyclic) bond motifs is 1. The molecule has 3 rings (SSSR count). The molecule has 0 saturated heterocycles. The van der Waals surface area contributed by atoms with Crippen molar-refractivity contribution in [2.45, 2.75) is 38.6 Å². The van der Waals surface area contributed by atoms with Crippen LogP contribution in [0, 0.1) is 5.92 Å².